The van der Waals surface area contributed by atoms with E-state index in [-0.39, 0.29) is 5.56 Å². The molecule has 70 valence electrons. The Morgan fingerprint density at radius 3 is 2.62 bits per heavy atom. The Morgan fingerprint density at radius 1 is 1.54 bits per heavy atom. The molecule has 0 amide bonds. The van der Waals surface area contributed by atoms with Gasteiger partial charge in [-0.05, 0) is 39.7 Å². The highest BCUT2D eigenvalue weighted by Gasteiger charge is 2.11. The van der Waals surface area contributed by atoms with Gasteiger partial charge in [-0.2, -0.15) is 0 Å². The number of carbonyl (C=O) groups excluding carboxylic acids is 1. The Labute approximate surface area is 93.9 Å². The Morgan fingerprint density at radius 2 is 2.15 bits per heavy atom. The van der Waals surface area contributed by atoms with Crippen molar-refractivity contribution in [3.8, 4) is 5.75 Å². The highest BCUT2D eigenvalue weighted by molar-refractivity contribution is 9.10. The van der Waals surface area contributed by atoms with Crippen LogP contribution in [0.1, 0.15) is 10.4 Å². The first-order valence-electron chi connectivity index (χ1n) is 3.29. The third-order valence-electron chi connectivity index (χ3n) is 1.45. The van der Waals surface area contributed by atoms with E-state index in [1.54, 1.807) is 6.07 Å². The summed E-state index contributed by atoms with van der Waals surface area (Å²) in [5.74, 6) is 0.522. The Kier molecular flexibility index (Phi) is 3.59. The molecule has 0 saturated carbocycles. The minimum absolute atomic E-state index is 0.239. The van der Waals surface area contributed by atoms with Crippen molar-refractivity contribution in [3.05, 3.63) is 27.2 Å². The minimum atomic E-state index is -0.601. The molecule has 0 heterocycles. The number of ether oxygens (including phenoxy) is 1. The van der Waals surface area contributed by atoms with Crippen molar-refractivity contribution in [2.45, 2.75) is 0 Å². The predicted octanol–water partition coefficient (Wildman–Crippen LogP) is 3.49. The highest BCUT2D eigenvalue weighted by Crippen LogP contribution is 2.31. The SMILES string of the molecule is COc1cc(C(=O)Cl)c(Cl)cc1Br. The molecule has 0 atom stereocenters. The van der Waals surface area contributed by atoms with E-state index in [2.05, 4.69) is 15.9 Å². The van der Waals surface area contributed by atoms with Gasteiger partial charge in [0.05, 0.1) is 22.2 Å². The summed E-state index contributed by atoms with van der Waals surface area (Å²) in [6.07, 6.45) is 0. The molecule has 1 aromatic carbocycles. The molecule has 0 radical (unpaired) electrons. The second-order valence-electron chi connectivity index (χ2n) is 2.24. The summed E-state index contributed by atoms with van der Waals surface area (Å²) in [4.78, 5) is 10.9. The number of benzene rings is 1. The standard InChI is InChI=1S/C8H5BrCl2O2/c1-13-7-2-4(8(11)12)6(10)3-5(7)9/h2-3H,1H3. The van der Waals surface area contributed by atoms with E-state index in [4.69, 9.17) is 27.9 Å². The summed E-state index contributed by atoms with van der Waals surface area (Å²) in [6, 6.07) is 3.05. The minimum Gasteiger partial charge on any atom is -0.496 e. The molecule has 0 fully saturated rings. The smallest absolute Gasteiger partial charge is 0.254 e. The lowest BCUT2D eigenvalue weighted by Gasteiger charge is -2.05. The van der Waals surface area contributed by atoms with Crippen LogP contribution in [0.5, 0.6) is 5.75 Å². The van der Waals surface area contributed by atoms with Crippen LogP contribution in [-0.2, 0) is 0 Å². The van der Waals surface area contributed by atoms with Crippen LogP contribution in [0.25, 0.3) is 0 Å². The fourth-order valence-corrected chi connectivity index (χ4v) is 1.93. The number of hydrogen-bond acceptors (Lipinski definition) is 2. The molecule has 0 saturated heterocycles. The first-order valence-corrected chi connectivity index (χ1v) is 4.84. The summed E-state index contributed by atoms with van der Waals surface area (Å²) in [5, 5.41) is -0.302. The third-order valence-corrected chi connectivity index (χ3v) is 2.59. The Hall–Kier alpha value is -0.250. The maximum atomic E-state index is 10.9. The molecule has 0 aliphatic heterocycles. The molecule has 13 heavy (non-hydrogen) atoms. The van der Waals surface area contributed by atoms with Crippen LogP contribution in [0.15, 0.2) is 16.6 Å². The lowest BCUT2D eigenvalue weighted by Crippen LogP contribution is -1.93. The Balaban J connectivity index is 3.30. The van der Waals surface area contributed by atoms with Gasteiger partial charge in [-0.15, -0.1) is 0 Å². The van der Waals surface area contributed by atoms with Crippen molar-refractivity contribution < 1.29 is 9.53 Å². The van der Waals surface area contributed by atoms with Crippen LogP contribution < -0.4 is 4.74 Å². The molecule has 0 N–H and O–H groups in total. The maximum Gasteiger partial charge on any atom is 0.254 e. The van der Waals surface area contributed by atoms with Crippen LogP contribution in [-0.4, -0.2) is 12.4 Å². The summed E-state index contributed by atoms with van der Waals surface area (Å²) in [7, 11) is 1.50. The van der Waals surface area contributed by atoms with Gasteiger partial charge in [0.2, 0.25) is 0 Å². The van der Waals surface area contributed by atoms with Crippen molar-refractivity contribution >= 4 is 44.4 Å². The fraction of sp³-hybridized carbons (Fsp3) is 0.125. The summed E-state index contributed by atoms with van der Waals surface area (Å²) >= 11 is 14.3. The Bertz CT molecular complexity index is 352. The molecule has 0 aromatic heterocycles. The largest absolute Gasteiger partial charge is 0.496 e. The first kappa shape index (κ1) is 10.8. The fourth-order valence-electron chi connectivity index (χ4n) is 0.836. The quantitative estimate of drug-likeness (QED) is 0.777. The van der Waals surface area contributed by atoms with E-state index in [9.17, 15) is 4.79 Å². The van der Waals surface area contributed by atoms with Crippen LogP contribution in [0.3, 0.4) is 0 Å². The van der Waals surface area contributed by atoms with Crippen molar-refractivity contribution in [3.63, 3.8) is 0 Å². The van der Waals surface area contributed by atoms with Gasteiger partial charge in [0, 0.05) is 0 Å². The van der Waals surface area contributed by atoms with E-state index in [1.807, 2.05) is 0 Å². The van der Waals surface area contributed by atoms with Crippen molar-refractivity contribution in [2.75, 3.05) is 7.11 Å². The van der Waals surface area contributed by atoms with Crippen molar-refractivity contribution in [1.82, 2.24) is 0 Å². The van der Waals surface area contributed by atoms with Crippen molar-refractivity contribution in [2.24, 2.45) is 0 Å². The summed E-state index contributed by atoms with van der Waals surface area (Å²) in [6.45, 7) is 0. The van der Waals surface area contributed by atoms with Gasteiger partial charge in [-0.3, -0.25) is 4.79 Å². The highest BCUT2D eigenvalue weighted by atomic mass is 79.9. The molecule has 2 nitrogen and oxygen atoms in total. The van der Waals surface area contributed by atoms with Gasteiger partial charge in [0.1, 0.15) is 5.75 Å². The molecule has 0 unspecified atom stereocenters. The van der Waals surface area contributed by atoms with Crippen molar-refractivity contribution in [1.29, 1.82) is 0 Å². The van der Waals surface area contributed by atoms with Crippen LogP contribution in [0.2, 0.25) is 5.02 Å². The second-order valence-corrected chi connectivity index (χ2v) is 3.85. The monoisotopic (exact) mass is 282 g/mol. The van der Waals surface area contributed by atoms with E-state index in [0.29, 0.717) is 15.2 Å². The topological polar surface area (TPSA) is 26.3 Å². The maximum absolute atomic E-state index is 10.9. The molecule has 0 spiro atoms. The number of hydrogen-bond donors (Lipinski definition) is 0. The molecule has 5 heteroatoms. The zero-order valence-corrected chi connectivity index (χ0v) is 9.70. The van der Waals surface area contributed by atoms with Crippen LogP contribution in [0.4, 0.5) is 0 Å². The number of methoxy groups -OCH3 is 1. The molecular formula is C8H5BrCl2O2. The molecule has 1 aromatic rings. The van der Waals surface area contributed by atoms with Gasteiger partial charge in [0.25, 0.3) is 5.24 Å². The third kappa shape index (κ3) is 2.36. The van der Waals surface area contributed by atoms with E-state index in [0.717, 1.165) is 0 Å². The molecule has 1 rings (SSSR count). The van der Waals surface area contributed by atoms with E-state index >= 15 is 0 Å². The van der Waals surface area contributed by atoms with Gasteiger partial charge >= 0.3 is 0 Å². The second kappa shape index (κ2) is 4.31. The zero-order valence-electron chi connectivity index (χ0n) is 6.61. The number of carbonyl (C=O) groups is 1. The lowest BCUT2D eigenvalue weighted by atomic mass is 10.2. The number of rotatable bonds is 2. The molecule has 0 aliphatic rings. The zero-order chi connectivity index (χ0) is 10.0. The lowest BCUT2D eigenvalue weighted by molar-refractivity contribution is 0.108. The van der Waals surface area contributed by atoms with E-state index < -0.39 is 5.24 Å². The normalized spacial score (nSPS) is 9.85. The average molecular weight is 284 g/mol. The van der Waals surface area contributed by atoms with Gasteiger partial charge < -0.3 is 4.74 Å². The summed E-state index contributed by atoms with van der Waals surface area (Å²) in [5.41, 5.74) is 0.239. The van der Waals surface area contributed by atoms with Gasteiger partial charge in [0.15, 0.2) is 0 Å². The predicted molar refractivity (Wildman–Crippen MR) is 55.9 cm³/mol. The molecular weight excluding hydrogens is 279 g/mol. The van der Waals surface area contributed by atoms with Crippen LogP contribution in [0, 0.1) is 0 Å². The van der Waals surface area contributed by atoms with E-state index in [1.165, 1.54) is 13.2 Å². The van der Waals surface area contributed by atoms with Gasteiger partial charge in [-0.1, -0.05) is 11.6 Å². The molecule has 0 bridgehead atoms. The molecule has 0 aliphatic carbocycles. The number of halogens is 3. The van der Waals surface area contributed by atoms with Gasteiger partial charge in [-0.25, -0.2) is 0 Å². The average Bonchev–Trinajstić information content (AvgIpc) is 2.03. The first-order chi connectivity index (χ1) is 6.06. The summed E-state index contributed by atoms with van der Waals surface area (Å²) < 4.78 is 5.66. The van der Waals surface area contributed by atoms with Crippen LogP contribution >= 0.6 is 39.1 Å².